The first-order chi connectivity index (χ1) is 20.1. The molecule has 14 heteroatoms. The summed E-state index contributed by atoms with van der Waals surface area (Å²) in [6.07, 6.45) is 0.0204. The number of benzene rings is 2. The normalized spacial score (nSPS) is 12.1. The fourth-order valence-corrected chi connectivity index (χ4v) is 4.10. The zero-order chi connectivity index (χ0) is 32.1. The highest BCUT2D eigenvalue weighted by molar-refractivity contribution is 7.86. The average molecular weight is 612 g/mol. The summed E-state index contributed by atoms with van der Waals surface area (Å²) in [5.74, 6) is -2.82. The highest BCUT2D eigenvalue weighted by Crippen LogP contribution is 2.31. The molecular weight excluding hydrogens is 578 g/mol. The topological polar surface area (TPSA) is 211 Å². The maximum absolute atomic E-state index is 13.4. The molecule has 1 unspecified atom stereocenters. The quantitative estimate of drug-likeness (QED) is 0.0926. The summed E-state index contributed by atoms with van der Waals surface area (Å²) < 4.78 is 33.5. The number of carbonyl (C=O) groups is 3. The van der Waals surface area contributed by atoms with Crippen molar-refractivity contribution in [3.63, 3.8) is 0 Å². The molecule has 0 spiro atoms. The molecule has 0 aliphatic heterocycles. The molecule has 0 saturated carbocycles. The van der Waals surface area contributed by atoms with E-state index in [2.05, 4.69) is 19.8 Å². The standard InChI is InChI=1S/C29H33N5O8S/c1-6-29(2,3)28(38)34-25(35)17-9-12-19(21(15-17)27(37)42-43(5,39)40)20-13-14-22(41-4)33-23(20)26(36)32-18-10-7-16(8-11-18)24(30)31/h7-15,28,38H,6H2,1-5H3,(H3,30,31)(H,32,36)(H,34,35). The van der Waals surface area contributed by atoms with Crippen LogP contribution < -0.4 is 21.1 Å². The smallest absolute Gasteiger partial charge is 0.354 e. The Morgan fingerprint density at radius 2 is 1.63 bits per heavy atom. The summed E-state index contributed by atoms with van der Waals surface area (Å²) in [5, 5.41) is 23.2. The molecule has 13 nitrogen and oxygen atoms in total. The van der Waals surface area contributed by atoms with Gasteiger partial charge in [0.05, 0.1) is 18.9 Å². The molecule has 1 aromatic heterocycles. The number of carbonyl (C=O) groups excluding carboxylic acids is 3. The van der Waals surface area contributed by atoms with Crippen LogP contribution >= 0.6 is 0 Å². The van der Waals surface area contributed by atoms with E-state index in [0.717, 1.165) is 6.07 Å². The predicted molar refractivity (Wildman–Crippen MR) is 159 cm³/mol. The Morgan fingerprint density at radius 1 is 1.02 bits per heavy atom. The molecule has 2 aromatic carbocycles. The number of pyridine rings is 1. The largest absolute Gasteiger partial charge is 0.481 e. The number of amidine groups is 1. The lowest BCUT2D eigenvalue weighted by molar-refractivity contribution is 0.0189. The van der Waals surface area contributed by atoms with Crippen molar-refractivity contribution in [2.75, 3.05) is 18.7 Å². The molecule has 0 radical (unpaired) electrons. The molecule has 0 aliphatic rings. The van der Waals surface area contributed by atoms with Crippen molar-refractivity contribution in [2.45, 2.75) is 33.4 Å². The zero-order valence-electron chi connectivity index (χ0n) is 24.2. The number of hydrogen-bond acceptors (Lipinski definition) is 10. The fourth-order valence-electron chi connectivity index (χ4n) is 3.74. The van der Waals surface area contributed by atoms with E-state index < -0.39 is 39.5 Å². The third-order valence-electron chi connectivity index (χ3n) is 6.69. The van der Waals surface area contributed by atoms with Gasteiger partial charge in [0.2, 0.25) is 5.88 Å². The van der Waals surface area contributed by atoms with Crippen LogP contribution in [0, 0.1) is 10.8 Å². The number of methoxy groups -OCH3 is 1. The number of nitrogens with one attached hydrogen (secondary N) is 3. The van der Waals surface area contributed by atoms with Crippen LogP contribution in [0.2, 0.25) is 0 Å². The van der Waals surface area contributed by atoms with Crippen LogP contribution in [0.4, 0.5) is 5.69 Å². The number of nitrogens with two attached hydrogens (primary N) is 1. The Morgan fingerprint density at radius 3 is 2.19 bits per heavy atom. The van der Waals surface area contributed by atoms with E-state index in [9.17, 15) is 27.9 Å². The molecule has 228 valence electrons. The predicted octanol–water partition coefficient (Wildman–Crippen LogP) is 2.89. The number of amides is 2. The molecule has 1 heterocycles. The van der Waals surface area contributed by atoms with Gasteiger partial charge in [-0.2, -0.15) is 8.42 Å². The monoisotopic (exact) mass is 611 g/mol. The van der Waals surface area contributed by atoms with Crippen molar-refractivity contribution in [1.29, 1.82) is 5.41 Å². The van der Waals surface area contributed by atoms with E-state index in [-0.39, 0.29) is 39.7 Å². The summed E-state index contributed by atoms with van der Waals surface area (Å²) in [6, 6.07) is 12.8. The molecule has 3 rings (SSSR count). The van der Waals surface area contributed by atoms with Crippen molar-refractivity contribution >= 4 is 39.4 Å². The third kappa shape index (κ3) is 8.14. The van der Waals surface area contributed by atoms with E-state index in [4.69, 9.17) is 15.9 Å². The number of aromatic nitrogens is 1. The number of anilines is 1. The second-order valence-corrected chi connectivity index (χ2v) is 11.8. The molecule has 0 aliphatic carbocycles. The van der Waals surface area contributed by atoms with Crippen LogP contribution in [0.5, 0.6) is 5.88 Å². The summed E-state index contributed by atoms with van der Waals surface area (Å²) in [5.41, 5.74) is 5.13. The number of rotatable bonds is 11. The molecule has 1 atom stereocenters. The molecule has 3 aromatic rings. The number of hydrogen-bond donors (Lipinski definition) is 5. The van der Waals surface area contributed by atoms with Crippen molar-refractivity contribution in [2.24, 2.45) is 11.1 Å². The molecular formula is C29H33N5O8S. The van der Waals surface area contributed by atoms with E-state index in [1.165, 1.54) is 43.5 Å². The molecule has 43 heavy (non-hydrogen) atoms. The van der Waals surface area contributed by atoms with Crippen LogP contribution in [0.15, 0.2) is 54.6 Å². The number of nitrogens with zero attached hydrogens (tertiary/aromatic N) is 1. The van der Waals surface area contributed by atoms with Crippen molar-refractivity contribution in [1.82, 2.24) is 10.3 Å². The van der Waals surface area contributed by atoms with Gasteiger partial charge in [0.25, 0.3) is 11.8 Å². The van der Waals surface area contributed by atoms with Crippen molar-refractivity contribution in [3.05, 3.63) is 77.0 Å². The molecule has 0 fully saturated rings. The highest BCUT2D eigenvalue weighted by atomic mass is 32.2. The average Bonchev–Trinajstić information content (AvgIpc) is 2.95. The van der Waals surface area contributed by atoms with Gasteiger partial charge in [0.1, 0.15) is 17.8 Å². The first-order valence-corrected chi connectivity index (χ1v) is 14.8. The zero-order valence-corrected chi connectivity index (χ0v) is 25.0. The lowest BCUT2D eigenvalue weighted by Gasteiger charge is -2.29. The lowest BCUT2D eigenvalue weighted by atomic mass is 9.88. The number of ether oxygens (including phenoxy) is 1. The SMILES string of the molecule is CCC(C)(C)C(O)NC(=O)c1ccc(-c2ccc(OC)nc2C(=O)Nc2ccc(C(=N)N)cc2)c(C(=O)OS(C)(=O)=O)c1. The van der Waals surface area contributed by atoms with Gasteiger partial charge < -0.3 is 30.4 Å². The fraction of sp³-hybridized carbons (Fsp3) is 0.276. The number of aliphatic hydroxyl groups is 1. The van der Waals surface area contributed by atoms with Gasteiger partial charge in [0, 0.05) is 33.9 Å². The Bertz CT molecular complexity index is 1670. The van der Waals surface area contributed by atoms with Crippen LogP contribution in [0.3, 0.4) is 0 Å². The molecule has 6 N–H and O–H groups in total. The van der Waals surface area contributed by atoms with E-state index >= 15 is 0 Å². The minimum Gasteiger partial charge on any atom is -0.481 e. The molecule has 0 saturated heterocycles. The number of nitrogen functional groups attached to an aromatic ring is 1. The maximum atomic E-state index is 13.4. The van der Waals surface area contributed by atoms with Gasteiger partial charge in [-0.05, 0) is 54.4 Å². The summed E-state index contributed by atoms with van der Waals surface area (Å²) in [4.78, 5) is 43.8. The van der Waals surface area contributed by atoms with Crippen LogP contribution in [-0.2, 0) is 14.3 Å². The number of aliphatic hydroxyl groups excluding tert-OH is 1. The Kier molecular flexibility index (Phi) is 9.89. The van der Waals surface area contributed by atoms with Crippen LogP contribution in [0.25, 0.3) is 11.1 Å². The van der Waals surface area contributed by atoms with E-state index in [1.807, 2.05) is 6.92 Å². The first-order valence-electron chi connectivity index (χ1n) is 12.9. The van der Waals surface area contributed by atoms with E-state index in [1.54, 1.807) is 26.0 Å². The minimum absolute atomic E-state index is 0.0341. The van der Waals surface area contributed by atoms with Gasteiger partial charge in [-0.3, -0.25) is 15.0 Å². The van der Waals surface area contributed by atoms with Crippen LogP contribution in [-0.4, -0.2) is 61.7 Å². The third-order valence-corrected chi connectivity index (χ3v) is 7.14. The van der Waals surface area contributed by atoms with Gasteiger partial charge >= 0.3 is 16.1 Å². The molecule has 2 amide bonds. The van der Waals surface area contributed by atoms with E-state index in [0.29, 0.717) is 23.9 Å². The Hall–Kier alpha value is -4.82. The van der Waals surface area contributed by atoms with Gasteiger partial charge in [-0.1, -0.05) is 26.8 Å². The maximum Gasteiger partial charge on any atom is 0.354 e. The Balaban J connectivity index is 2.12. The highest BCUT2D eigenvalue weighted by Gasteiger charge is 2.29. The second-order valence-electron chi connectivity index (χ2n) is 10.2. The summed E-state index contributed by atoms with van der Waals surface area (Å²) >= 11 is 0. The lowest BCUT2D eigenvalue weighted by Crippen LogP contribution is -2.44. The first kappa shape index (κ1) is 32.7. The van der Waals surface area contributed by atoms with Crippen LogP contribution in [0.1, 0.15) is 64.0 Å². The van der Waals surface area contributed by atoms with Gasteiger partial charge in [0.15, 0.2) is 0 Å². The summed E-state index contributed by atoms with van der Waals surface area (Å²) in [7, 11) is -2.91. The van der Waals surface area contributed by atoms with Gasteiger partial charge in [-0.15, -0.1) is 0 Å². The summed E-state index contributed by atoms with van der Waals surface area (Å²) in [6.45, 7) is 5.37. The second kappa shape index (κ2) is 13.0. The molecule has 0 bridgehead atoms. The van der Waals surface area contributed by atoms with Gasteiger partial charge in [-0.25, -0.2) is 9.78 Å². The van der Waals surface area contributed by atoms with Crippen molar-refractivity contribution in [3.8, 4) is 17.0 Å². The van der Waals surface area contributed by atoms with Crippen molar-refractivity contribution < 1.29 is 36.8 Å². The minimum atomic E-state index is -4.26. The Labute approximate surface area is 249 Å².